The van der Waals surface area contributed by atoms with Gasteiger partial charge in [0.1, 0.15) is 0 Å². The minimum atomic E-state index is 0.160. The quantitative estimate of drug-likeness (QED) is 0.313. The van der Waals surface area contributed by atoms with Gasteiger partial charge in [0.2, 0.25) is 12.3 Å². The molecule has 2 saturated heterocycles. The van der Waals surface area contributed by atoms with Crippen LogP contribution in [-0.2, 0) is 14.3 Å². The molecule has 9 nitrogen and oxygen atoms in total. The molecule has 0 bridgehead atoms. The smallest absolute Gasteiger partial charge is 0.236 e. The van der Waals surface area contributed by atoms with E-state index >= 15 is 0 Å². The van der Waals surface area contributed by atoms with Crippen molar-refractivity contribution in [2.75, 3.05) is 100 Å². The summed E-state index contributed by atoms with van der Waals surface area (Å²) in [5.74, 6) is 0.160. The van der Waals surface area contributed by atoms with E-state index in [-0.39, 0.29) is 5.91 Å². The summed E-state index contributed by atoms with van der Waals surface area (Å²) in [4.78, 5) is 31.1. The summed E-state index contributed by atoms with van der Waals surface area (Å²) < 4.78 is 5.36. The lowest BCUT2D eigenvalue weighted by atomic mass is 10.3. The van der Waals surface area contributed by atoms with Crippen LogP contribution in [0.15, 0.2) is 0 Å². The summed E-state index contributed by atoms with van der Waals surface area (Å²) in [6.45, 7) is 9.83. The van der Waals surface area contributed by atoms with Gasteiger partial charge in [-0.05, 0) is 25.2 Å². The number of piperazine rings is 1. The van der Waals surface area contributed by atoms with Crippen molar-refractivity contribution in [3.05, 3.63) is 0 Å². The Morgan fingerprint density at radius 1 is 1.03 bits per heavy atom. The van der Waals surface area contributed by atoms with E-state index in [0.717, 1.165) is 83.5 Å². The predicted molar refractivity (Wildman–Crippen MR) is 119 cm³/mol. The molecule has 2 amide bonds. The van der Waals surface area contributed by atoms with Crippen molar-refractivity contribution < 1.29 is 14.3 Å². The van der Waals surface area contributed by atoms with Crippen LogP contribution in [0.4, 0.5) is 0 Å². The monoisotopic (exact) mass is 430 g/mol. The molecule has 0 aromatic rings. The maximum atomic E-state index is 11.8. The van der Waals surface area contributed by atoms with E-state index in [1.54, 1.807) is 33.1 Å². The molecule has 0 atom stereocenters. The van der Waals surface area contributed by atoms with Gasteiger partial charge in [-0.3, -0.25) is 19.4 Å². The highest BCUT2D eigenvalue weighted by molar-refractivity contribution is 7.80. The molecule has 2 aliphatic rings. The van der Waals surface area contributed by atoms with Crippen LogP contribution in [0.1, 0.15) is 6.42 Å². The fourth-order valence-electron chi connectivity index (χ4n) is 2.88. The standard InChI is InChI=1S/C16H31N5O2S.C3H7NO/c1-18(2)15(22)14-20-6-8-21(9-7-20)16(24)17-4-3-5-19-10-12-23-13-11-19;1-4(2)3-5/h3-14H2,1-2H3,(H,17,24);3H,1-2H3. The van der Waals surface area contributed by atoms with E-state index in [1.807, 2.05) is 0 Å². The number of hydrogen-bond donors (Lipinski definition) is 1. The zero-order chi connectivity index (χ0) is 21.6. The number of likely N-dealkylation sites (N-methyl/N-ethyl adjacent to an activating group) is 1. The first kappa shape index (κ1) is 25.5. The Morgan fingerprint density at radius 3 is 2.14 bits per heavy atom. The Morgan fingerprint density at radius 2 is 1.62 bits per heavy atom. The highest BCUT2D eigenvalue weighted by Crippen LogP contribution is 2.03. The predicted octanol–water partition coefficient (Wildman–Crippen LogP) is -1.01. The second kappa shape index (κ2) is 14.5. The van der Waals surface area contributed by atoms with Crippen LogP contribution < -0.4 is 5.32 Å². The number of amides is 2. The number of carbonyl (C=O) groups is 2. The van der Waals surface area contributed by atoms with Gasteiger partial charge >= 0.3 is 0 Å². The first-order valence-corrected chi connectivity index (χ1v) is 10.6. The van der Waals surface area contributed by atoms with E-state index < -0.39 is 0 Å². The normalized spacial score (nSPS) is 17.7. The molecular weight excluding hydrogens is 392 g/mol. The van der Waals surface area contributed by atoms with Crippen LogP contribution >= 0.6 is 12.2 Å². The van der Waals surface area contributed by atoms with Crippen LogP contribution in [0.25, 0.3) is 0 Å². The van der Waals surface area contributed by atoms with E-state index in [9.17, 15) is 9.59 Å². The zero-order valence-electron chi connectivity index (χ0n) is 18.4. The van der Waals surface area contributed by atoms with Crippen molar-refractivity contribution in [2.45, 2.75) is 6.42 Å². The number of nitrogens with zero attached hydrogens (tertiary/aromatic N) is 5. The van der Waals surface area contributed by atoms with Crippen molar-refractivity contribution in [1.82, 2.24) is 29.8 Å². The van der Waals surface area contributed by atoms with Crippen molar-refractivity contribution in [3.63, 3.8) is 0 Å². The number of morpholine rings is 1. The number of carbonyl (C=O) groups excluding carboxylic acids is 2. The van der Waals surface area contributed by atoms with Crippen LogP contribution in [-0.4, -0.2) is 142 Å². The minimum absolute atomic E-state index is 0.160. The van der Waals surface area contributed by atoms with Gasteiger partial charge in [-0.2, -0.15) is 0 Å². The molecule has 2 heterocycles. The lowest BCUT2D eigenvalue weighted by Gasteiger charge is -2.36. The summed E-state index contributed by atoms with van der Waals surface area (Å²) in [5.41, 5.74) is 0. The van der Waals surface area contributed by atoms with Crippen molar-refractivity contribution >= 4 is 29.6 Å². The molecule has 29 heavy (non-hydrogen) atoms. The largest absolute Gasteiger partial charge is 0.379 e. The van der Waals surface area contributed by atoms with Gasteiger partial charge in [0.25, 0.3) is 0 Å². The topological polar surface area (TPSA) is 71.6 Å². The molecule has 0 unspecified atom stereocenters. The van der Waals surface area contributed by atoms with E-state index in [0.29, 0.717) is 6.54 Å². The first-order valence-electron chi connectivity index (χ1n) is 10.2. The van der Waals surface area contributed by atoms with Gasteiger partial charge in [0, 0.05) is 74.0 Å². The van der Waals surface area contributed by atoms with Crippen molar-refractivity contribution in [3.8, 4) is 0 Å². The van der Waals surface area contributed by atoms with E-state index in [1.165, 1.54) is 4.90 Å². The highest BCUT2D eigenvalue weighted by Gasteiger charge is 2.21. The van der Waals surface area contributed by atoms with Crippen LogP contribution in [0, 0.1) is 0 Å². The molecular formula is C19H38N6O3S. The Hall–Kier alpha value is -1.49. The van der Waals surface area contributed by atoms with E-state index in [2.05, 4.69) is 20.0 Å². The van der Waals surface area contributed by atoms with Gasteiger partial charge in [-0.1, -0.05) is 0 Å². The Labute approximate surface area is 180 Å². The first-order chi connectivity index (χ1) is 13.8. The Kier molecular flexibility index (Phi) is 12.8. The molecule has 0 spiro atoms. The molecule has 10 heteroatoms. The Bertz CT molecular complexity index is 492. The summed E-state index contributed by atoms with van der Waals surface area (Å²) >= 11 is 5.50. The third-order valence-corrected chi connectivity index (χ3v) is 5.16. The van der Waals surface area contributed by atoms with Gasteiger partial charge in [0.05, 0.1) is 19.8 Å². The number of hydrogen-bond acceptors (Lipinski definition) is 6. The average Bonchev–Trinajstić information content (AvgIpc) is 2.72. The van der Waals surface area contributed by atoms with Gasteiger partial charge in [-0.25, -0.2) is 0 Å². The molecule has 2 rings (SSSR count). The van der Waals surface area contributed by atoms with Crippen LogP contribution in [0.2, 0.25) is 0 Å². The lowest BCUT2D eigenvalue weighted by Crippen LogP contribution is -2.53. The average molecular weight is 431 g/mol. The SMILES string of the molecule is CN(C)C(=O)CN1CCN(C(=S)NCCCN2CCOCC2)CC1.CN(C)C=O. The van der Waals surface area contributed by atoms with Gasteiger partial charge < -0.3 is 24.8 Å². The molecule has 1 N–H and O–H groups in total. The molecule has 0 aromatic heterocycles. The molecule has 0 aromatic carbocycles. The molecule has 0 aliphatic carbocycles. The number of rotatable bonds is 7. The van der Waals surface area contributed by atoms with Gasteiger partial charge in [0.15, 0.2) is 5.11 Å². The lowest BCUT2D eigenvalue weighted by molar-refractivity contribution is -0.130. The van der Waals surface area contributed by atoms with E-state index in [4.69, 9.17) is 17.0 Å². The summed E-state index contributed by atoms with van der Waals surface area (Å²) in [6, 6.07) is 0. The van der Waals surface area contributed by atoms with Crippen molar-refractivity contribution in [2.24, 2.45) is 0 Å². The molecule has 168 valence electrons. The third-order valence-electron chi connectivity index (χ3n) is 4.76. The van der Waals surface area contributed by atoms with Crippen LogP contribution in [0.3, 0.4) is 0 Å². The fourth-order valence-corrected chi connectivity index (χ4v) is 3.16. The minimum Gasteiger partial charge on any atom is -0.379 e. The van der Waals surface area contributed by atoms with Crippen LogP contribution in [0.5, 0.6) is 0 Å². The fraction of sp³-hybridized carbons (Fsp3) is 0.842. The summed E-state index contributed by atoms with van der Waals surface area (Å²) in [7, 11) is 6.98. The summed E-state index contributed by atoms with van der Waals surface area (Å²) in [6.07, 6.45) is 1.84. The highest BCUT2D eigenvalue weighted by atomic mass is 32.1. The number of ether oxygens (including phenoxy) is 1. The van der Waals surface area contributed by atoms with Crippen molar-refractivity contribution in [1.29, 1.82) is 0 Å². The summed E-state index contributed by atoms with van der Waals surface area (Å²) in [5, 5.41) is 4.21. The number of thiocarbonyl (C=S) groups is 1. The Balaban J connectivity index is 0.000000749. The molecule has 2 fully saturated rings. The maximum absolute atomic E-state index is 11.8. The second-order valence-electron chi connectivity index (χ2n) is 7.66. The zero-order valence-corrected chi connectivity index (χ0v) is 19.2. The maximum Gasteiger partial charge on any atom is 0.236 e. The second-order valence-corrected chi connectivity index (χ2v) is 8.05. The molecule has 0 radical (unpaired) electrons. The number of nitrogens with one attached hydrogen (secondary N) is 1. The third kappa shape index (κ3) is 11.3. The molecule has 0 saturated carbocycles. The van der Waals surface area contributed by atoms with Gasteiger partial charge in [-0.15, -0.1) is 0 Å². The molecule has 2 aliphatic heterocycles.